The molecule has 2 aromatic heterocycles. The molecule has 14 rings (SSSR count). The van der Waals surface area contributed by atoms with Gasteiger partial charge in [0.05, 0.1) is 6.54 Å². The number of ketones is 3. The van der Waals surface area contributed by atoms with E-state index >= 15 is 0 Å². The molecule has 12 heteroatoms. The molecule has 0 radical (unpaired) electrons. The van der Waals surface area contributed by atoms with Gasteiger partial charge in [0.25, 0.3) is 0 Å². The molecule has 0 spiro atoms. The summed E-state index contributed by atoms with van der Waals surface area (Å²) >= 11 is 0. The highest BCUT2D eigenvalue weighted by Gasteiger charge is 2.60. The van der Waals surface area contributed by atoms with Crippen LogP contribution in [-0.4, -0.2) is 134 Å². The number of fused-ring (bicyclic) bond motifs is 10. The Hall–Kier alpha value is -4.68. The average molecular weight is 1090 g/mol. The number of hydrogen-bond acceptors (Lipinski definition) is 12. The number of rotatable bonds is 10. The van der Waals surface area contributed by atoms with Gasteiger partial charge in [-0.25, -0.2) is 4.98 Å². The molecule has 6 heterocycles. The molecule has 0 bridgehead atoms. The number of anilines is 4. The van der Waals surface area contributed by atoms with Gasteiger partial charge in [0.2, 0.25) is 5.95 Å². The molecule has 8 aliphatic carbocycles. The van der Waals surface area contributed by atoms with E-state index in [4.69, 9.17) is 9.97 Å². The minimum Gasteiger partial charge on any atom is -0.356 e. The van der Waals surface area contributed by atoms with Crippen LogP contribution in [0.1, 0.15) is 144 Å². The fourth-order valence-corrected chi connectivity index (χ4v) is 20.0. The third-order valence-corrected chi connectivity index (χ3v) is 24.5. The lowest BCUT2D eigenvalue weighted by Crippen LogP contribution is -2.52. The van der Waals surface area contributed by atoms with Crippen LogP contribution in [-0.2, 0) is 14.4 Å². The monoisotopic (exact) mass is 1090 g/mol. The third kappa shape index (κ3) is 9.85. The molecule has 0 amide bonds. The summed E-state index contributed by atoms with van der Waals surface area (Å²) in [4.78, 5) is 67.7. The summed E-state index contributed by atoms with van der Waals surface area (Å²) in [5.41, 5.74) is 5.04. The van der Waals surface area contributed by atoms with Gasteiger partial charge in [0, 0.05) is 115 Å². The third-order valence-electron chi connectivity index (χ3n) is 24.5. The molecule has 12 atom stereocenters. The first-order valence-electron chi connectivity index (χ1n) is 32.4. The molecule has 12 nitrogen and oxygen atoms in total. The second kappa shape index (κ2) is 21.8. The Morgan fingerprint density at radius 3 is 2.05 bits per heavy atom. The lowest BCUT2D eigenvalue weighted by atomic mass is 9.46. The van der Waals surface area contributed by atoms with E-state index in [9.17, 15) is 14.4 Å². The smallest absolute Gasteiger partial charge is 0.229 e. The zero-order chi connectivity index (χ0) is 55.0. The second-order valence-corrected chi connectivity index (χ2v) is 28.5. The topological polar surface area (TPSA) is 109 Å². The highest BCUT2D eigenvalue weighted by atomic mass is 16.1. The molecular weight excluding hydrogens is 991 g/mol. The number of piperazine rings is 2. The van der Waals surface area contributed by atoms with Crippen LogP contribution in [0.2, 0.25) is 0 Å². The largest absolute Gasteiger partial charge is 0.356 e. The van der Waals surface area contributed by atoms with Crippen molar-refractivity contribution >= 4 is 40.8 Å². The van der Waals surface area contributed by atoms with E-state index < -0.39 is 0 Å². The van der Waals surface area contributed by atoms with E-state index in [0.29, 0.717) is 40.8 Å². The minimum atomic E-state index is -0.117. The average Bonchev–Trinajstić information content (AvgIpc) is 4.36. The number of carbonyl (C=O) groups is 3. The quantitative estimate of drug-likeness (QED) is 0.211. The summed E-state index contributed by atoms with van der Waals surface area (Å²) < 4.78 is 0. The zero-order valence-electron chi connectivity index (χ0n) is 49.6. The maximum atomic E-state index is 14.0. The first-order valence-corrected chi connectivity index (χ1v) is 32.4. The van der Waals surface area contributed by atoms with Crippen LogP contribution in [0.15, 0.2) is 77.6 Å². The van der Waals surface area contributed by atoms with E-state index in [1.54, 1.807) is 6.08 Å². The summed E-state index contributed by atoms with van der Waals surface area (Å²) in [5, 5.41) is 0. The van der Waals surface area contributed by atoms with Gasteiger partial charge in [0.15, 0.2) is 11.6 Å². The van der Waals surface area contributed by atoms with E-state index in [0.717, 1.165) is 176 Å². The fourth-order valence-electron chi connectivity index (χ4n) is 20.0. The Morgan fingerprint density at radius 1 is 0.650 bits per heavy atom. The van der Waals surface area contributed by atoms with Crippen LogP contribution in [0.4, 0.5) is 23.4 Å². The number of hydrogen-bond donors (Lipinski definition) is 0. The van der Waals surface area contributed by atoms with Gasteiger partial charge < -0.3 is 19.6 Å². The molecule has 4 saturated heterocycles. The van der Waals surface area contributed by atoms with Crippen molar-refractivity contribution < 1.29 is 14.4 Å². The molecule has 0 N–H and O–H groups in total. The zero-order valence-corrected chi connectivity index (χ0v) is 49.6. The minimum absolute atomic E-state index is 0.0394. The maximum absolute atomic E-state index is 14.0. The number of Topliss-reactive ketones (excluding diaryl/α,β-unsaturated/α-hetero) is 1. The van der Waals surface area contributed by atoms with E-state index in [1.807, 2.05) is 18.3 Å². The standard InChI is InChI=1S/C37H50N6O2.C31H45N3O/c1-36-13-11-27(44)23-26(36)7-8-28-29-9-10-31(37(29,2)14-12-30(28)36)32(45)25-40-19-21-42(22-20-40)34-24-33(41-15-3-4-16-41)38-35(39-34)43-17-5-6-18-43;1-22(21-33-16-18-34(19-17-33)29-6-4-5-15-32-29)26-9-10-27-25-8-7-23-20-24(35)11-13-30(23,2)28(25)12-14-31(26,27)3/h11-13,23-24,28-29,31H,3-10,14-22,25H2,1-2H3;4-6,15,20,22,25-28H,7-14,16-19,21H2,1-3H3/t28-,29-,31+,36-,37-;22?,25-,26+,27-,28-,30-,31+/m00/s1. The first-order chi connectivity index (χ1) is 38.7. The number of aromatic nitrogens is 3. The van der Waals surface area contributed by atoms with Crippen molar-refractivity contribution in [3.05, 3.63) is 77.6 Å². The van der Waals surface area contributed by atoms with Crippen LogP contribution in [0.25, 0.3) is 0 Å². The number of pyridine rings is 1. The summed E-state index contributed by atoms with van der Waals surface area (Å²) in [7, 11) is 0. The molecule has 2 aromatic rings. The fraction of sp³-hybridized carbons (Fsp3) is 0.706. The summed E-state index contributed by atoms with van der Waals surface area (Å²) in [5.74, 6) is 10.5. The van der Waals surface area contributed by atoms with Crippen molar-refractivity contribution in [3.63, 3.8) is 0 Å². The van der Waals surface area contributed by atoms with Gasteiger partial charge in [-0.3, -0.25) is 24.2 Å². The predicted octanol–water partition coefficient (Wildman–Crippen LogP) is 11.2. The highest BCUT2D eigenvalue weighted by molar-refractivity contribution is 6.01. The predicted molar refractivity (Wildman–Crippen MR) is 321 cm³/mol. The summed E-state index contributed by atoms with van der Waals surface area (Å²) in [6.07, 6.45) is 32.4. The first kappa shape index (κ1) is 54.6. The maximum Gasteiger partial charge on any atom is 0.229 e. The number of allylic oxidation sites excluding steroid dienone is 7. The van der Waals surface area contributed by atoms with Crippen LogP contribution in [0, 0.1) is 69.0 Å². The van der Waals surface area contributed by atoms with Gasteiger partial charge in [-0.1, -0.05) is 62.6 Å². The molecule has 1 unspecified atom stereocenters. The Bertz CT molecular complexity index is 2750. The van der Waals surface area contributed by atoms with Crippen LogP contribution < -0.4 is 19.6 Å². The highest BCUT2D eigenvalue weighted by Crippen LogP contribution is 2.68. The van der Waals surface area contributed by atoms with E-state index in [-0.39, 0.29) is 22.5 Å². The van der Waals surface area contributed by atoms with Crippen LogP contribution in [0.5, 0.6) is 0 Å². The van der Waals surface area contributed by atoms with E-state index in [1.165, 1.54) is 87.5 Å². The van der Waals surface area contributed by atoms with Crippen molar-refractivity contribution in [2.75, 3.05) is 111 Å². The second-order valence-electron chi connectivity index (χ2n) is 28.5. The molecule has 430 valence electrons. The van der Waals surface area contributed by atoms with Gasteiger partial charge in [-0.15, -0.1) is 0 Å². The van der Waals surface area contributed by atoms with E-state index in [2.05, 4.69) is 105 Å². The molecule has 4 aliphatic heterocycles. The molecule has 0 aromatic carbocycles. The number of nitrogens with zero attached hydrogens (tertiary/aromatic N) is 9. The molecule has 9 fully saturated rings. The Balaban J connectivity index is 0.000000156. The molecular formula is C68H95N9O3. The van der Waals surface area contributed by atoms with Crippen molar-refractivity contribution in [1.82, 2.24) is 24.8 Å². The lowest BCUT2D eigenvalue weighted by molar-refractivity contribution is -0.128. The van der Waals surface area contributed by atoms with Gasteiger partial charge in [-0.2, -0.15) is 9.97 Å². The summed E-state index contributed by atoms with van der Waals surface area (Å²) in [6.45, 7) is 26.6. The lowest BCUT2D eigenvalue weighted by Gasteiger charge is -2.58. The Labute approximate surface area is 479 Å². The SMILES string of the molecule is CC(CN1CCN(c2ccccn2)CC1)[C@H]1CC[C@H]2[C@@H]3CCC4=CC(=O)CC[C@]4(C)[C@H]3CC[C@]12C.C[C@]12C=CC(=O)C=C1CC[C@@H]1C2=CC[C@]2(C)[C@@H](C(=O)CN3CCN(c4cc(N5CCCC5)nc(N5CCCC5)n4)CC3)CC[C@@H]12. The number of carbonyl (C=O) groups excluding carboxylic acids is 3. The Kier molecular flexibility index (Phi) is 14.9. The summed E-state index contributed by atoms with van der Waals surface area (Å²) in [6, 6.07) is 8.45. The normalized spacial score (nSPS) is 37.3. The Morgan fingerprint density at radius 2 is 1.32 bits per heavy atom. The van der Waals surface area contributed by atoms with Gasteiger partial charge in [-0.05, 0) is 198 Å². The van der Waals surface area contributed by atoms with Crippen molar-refractivity contribution in [3.8, 4) is 0 Å². The molecule has 12 aliphatic rings. The van der Waals surface area contributed by atoms with Crippen molar-refractivity contribution in [2.45, 2.75) is 144 Å². The molecule has 5 saturated carbocycles. The van der Waals surface area contributed by atoms with Gasteiger partial charge >= 0.3 is 0 Å². The van der Waals surface area contributed by atoms with Gasteiger partial charge in [0.1, 0.15) is 23.2 Å². The van der Waals surface area contributed by atoms with Crippen LogP contribution >= 0.6 is 0 Å². The molecule has 80 heavy (non-hydrogen) atoms. The van der Waals surface area contributed by atoms with Crippen LogP contribution in [0.3, 0.4) is 0 Å². The van der Waals surface area contributed by atoms with Crippen molar-refractivity contribution in [2.24, 2.45) is 69.0 Å². The van der Waals surface area contributed by atoms with Crippen molar-refractivity contribution in [1.29, 1.82) is 0 Å².